The predicted octanol–water partition coefficient (Wildman–Crippen LogP) is 0.427. The summed E-state index contributed by atoms with van der Waals surface area (Å²) in [6.45, 7) is 1.69. The van der Waals surface area contributed by atoms with E-state index < -0.39 is 0 Å². The second-order valence-corrected chi connectivity index (χ2v) is 2.83. The maximum atomic E-state index is 11.7. The van der Waals surface area contributed by atoms with Crippen LogP contribution in [0.15, 0.2) is 6.07 Å². The standard InChI is InChI=1S/C9H13N3O3/c1-6-10-7(5-8(11-6)14-3)9(13)12(2)15-4/h5H,1-4H3. The van der Waals surface area contributed by atoms with Gasteiger partial charge in [0.2, 0.25) is 5.88 Å². The number of aryl methyl sites for hydroxylation is 1. The molecule has 1 aromatic rings. The van der Waals surface area contributed by atoms with Gasteiger partial charge in [0.05, 0.1) is 14.2 Å². The molecule has 1 heterocycles. The number of carbonyl (C=O) groups is 1. The van der Waals surface area contributed by atoms with Gasteiger partial charge in [-0.2, -0.15) is 4.98 Å². The fourth-order valence-electron chi connectivity index (χ4n) is 0.999. The van der Waals surface area contributed by atoms with E-state index in [4.69, 9.17) is 9.57 Å². The van der Waals surface area contributed by atoms with Crippen LogP contribution in [0.1, 0.15) is 16.3 Å². The van der Waals surface area contributed by atoms with Gasteiger partial charge in [-0.25, -0.2) is 10.0 Å². The number of rotatable bonds is 3. The van der Waals surface area contributed by atoms with Crippen molar-refractivity contribution in [2.45, 2.75) is 6.92 Å². The summed E-state index contributed by atoms with van der Waals surface area (Å²) in [7, 11) is 4.39. The molecule has 0 saturated heterocycles. The van der Waals surface area contributed by atoms with Gasteiger partial charge in [-0.1, -0.05) is 0 Å². The number of amides is 1. The Labute approximate surface area is 87.8 Å². The molecule has 0 bridgehead atoms. The lowest BCUT2D eigenvalue weighted by Gasteiger charge is -2.13. The third-order valence-corrected chi connectivity index (χ3v) is 1.80. The normalized spacial score (nSPS) is 9.87. The van der Waals surface area contributed by atoms with Crippen molar-refractivity contribution in [3.63, 3.8) is 0 Å². The van der Waals surface area contributed by atoms with E-state index in [0.29, 0.717) is 11.7 Å². The first-order valence-corrected chi connectivity index (χ1v) is 4.30. The Morgan fingerprint density at radius 3 is 2.60 bits per heavy atom. The Balaban J connectivity index is 3.03. The Hall–Kier alpha value is -1.69. The fourth-order valence-corrected chi connectivity index (χ4v) is 0.999. The molecule has 0 aliphatic carbocycles. The summed E-state index contributed by atoms with van der Waals surface area (Å²) in [5.74, 6) is 0.485. The molecule has 6 nitrogen and oxygen atoms in total. The van der Waals surface area contributed by atoms with Gasteiger partial charge < -0.3 is 4.74 Å². The smallest absolute Gasteiger partial charge is 0.295 e. The number of hydrogen-bond acceptors (Lipinski definition) is 5. The van der Waals surface area contributed by atoms with Crippen molar-refractivity contribution in [1.29, 1.82) is 0 Å². The van der Waals surface area contributed by atoms with Crippen LogP contribution < -0.4 is 4.74 Å². The highest BCUT2D eigenvalue weighted by Crippen LogP contribution is 2.10. The first kappa shape index (κ1) is 11.4. The van der Waals surface area contributed by atoms with Crippen molar-refractivity contribution in [3.05, 3.63) is 17.6 Å². The minimum atomic E-state index is -0.346. The lowest BCUT2D eigenvalue weighted by atomic mass is 10.3. The fraction of sp³-hybridized carbons (Fsp3) is 0.444. The van der Waals surface area contributed by atoms with Gasteiger partial charge in [-0.3, -0.25) is 9.63 Å². The van der Waals surface area contributed by atoms with E-state index in [-0.39, 0.29) is 11.6 Å². The second kappa shape index (κ2) is 4.70. The van der Waals surface area contributed by atoms with E-state index in [1.807, 2.05) is 0 Å². The number of ether oxygens (including phenoxy) is 1. The molecule has 1 rings (SSSR count). The number of carbonyl (C=O) groups excluding carboxylic acids is 1. The van der Waals surface area contributed by atoms with Gasteiger partial charge in [0.25, 0.3) is 5.91 Å². The molecule has 1 aromatic heterocycles. The van der Waals surface area contributed by atoms with E-state index in [0.717, 1.165) is 5.06 Å². The quantitative estimate of drug-likeness (QED) is 0.678. The maximum absolute atomic E-state index is 11.7. The number of methoxy groups -OCH3 is 1. The van der Waals surface area contributed by atoms with Crippen LogP contribution >= 0.6 is 0 Å². The molecule has 0 atom stereocenters. The van der Waals surface area contributed by atoms with E-state index >= 15 is 0 Å². The summed E-state index contributed by atoms with van der Waals surface area (Å²) in [4.78, 5) is 24.4. The van der Waals surface area contributed by atoms with Gasteiger partial charge in [0.1, 0.15) is 11.5 Å². The minimum Gasteiger partial charge on any atom is -0.481 e. The third kappa shape index (κ3) is 2.63. The van der Waals surface area contributed by atoms with Crippen LogP contribution in [0.3, 0.4) is 0 Å². The molecule has 15 heavy (non-hydrogen) atoms. The topological polar surface area (TPSA) is 64.5 Å². The van der Waals surface area contributed by atoms with Gasteiger partial charge in [-0.05, 0) is 6.92 Å². The van der Waals surface area contributed by atoms with Crippen LogP contribution in [0.4, 0.5) is 0 Å². The van der Waals surface area contributed by atoms with Crippen LogP contribution in [0.25, 0.3) is 0 Å². The molecule has 82 valence electrons. The summed E-state index contributed by atoms with van der Waals surface area (Å²) in [6.07, 6.45) is 0. The van der Waals surface area contributed by atoms with Crippen molar-refractivity contribution >= 4 is 5.91 Å². The Kier molecular flexibility index (Phi) is 3.56. The molecule has 0 aliphatic heterocycles. The maximum Gasteiger partial charge on any atom is 0.295 e. The zero-order valence-corrected chi connectivity index (χ0v) is 9.14. The number of nitrogens with zero attached hydrogens (tertiary/aromatic N) is 3. The highest BCUT2D eigenvalue weighted by Gasteiger charge is 2.15. The Morgan fingerprint density at radius 1 is 1.40 bits per heavy atom. The minimum absolute atomic E-state index is 0.240. The number of aromatic nitrogens is 2. The van der Waals surface area contributed by atoms with Crippen molar-refractivity contribution in [3.8, 4) is 5.88 Å². The van der Waals surface area contributed by atoms with E-state index in [2.05, 4.69) is 9.97 Å². The highest BCUT2D eigenvalue weighted by molar-refractivity contribution is 5.91. The summed E-state index contributed by atoms with van der Waals surface area (Å²) in [6, 6.07) is 1.46. The Bertz CT molecular complexity index is 368. The van der Waals surface area contributed by atoms with Crippen molar-refractivity contribution < 1.29 is 14.4 Å². The summed E-state index contributed by atoms with van der Waals surface area (Å²) >= 11 is 0. The number of hydroxylamine groups is 2. The monoisotopic (exact) mass is 211 g/mol. The second-order valence-electron chi connectivity index (χ2n) is 2.83. The molecule has 6 heteroatoms. The predicted molar refractivity (Wildman–Crippen MR) is 52.4 cm³/mol. The molecule has 0 aliphatic rings. The van der Waals surface area contributed by atoms with Gasteiger partial charge >= 0.3 is 0 Å². The molecule has 0 unspecified atom stereocenters. The molecule has 0 aromatic carbocycles. The summed E-state index contributed by atoms with van der Waals surface area (Å²) < 4.78 is 4.94. The third-order valence-electron chi connectivity index (χ3n) is 1.80. The number of hydrogen-bond donors (Lipinski definition) is 0. The van der Waals surface area contributed by atoms with E-state index in [9.17, 15) is 4.79 Å². The first-order valence-electron chi connectivity index (χ1n) is 4.30. The molecular formula is C9H13N3O3. The average Bonchev–Trinajstić information content (AvgIpc) is 2.26. The summed E-state index contributed by atoms with van der Waals surface area (Å²) in [5, 5.41) is 1.08. The van der Waals surface area contributed by atoms with Crippen LogP contribution in [0.2, 0.25) is 0 Å². The molecule has 1 amide bonds. The van der Waals surface area contributed by atoms with Crippen LogP contribution in [-0.4, -0.2) is 42.2 Å². The lowest BCUT2D eigenvalue weighted by molar-refractivity contribution is -0.0760. The lowest BCUT2D eigenvalue weighted by Crippen LogP contribution is -2.26. The molecule has 0 fully saturated rings. The van der Waals surface area contributed by atoms with Crippen molar-refractivity contribution in [1.82, 2.24) is 15.0 Å². The van der Waals surface area contributed by atoms with Crippen molar-refractivity contribution in [2.24, 2.45) is 0 Å². The molecule has 0 N–H and O–H groups in total. The van der Waals surface area contributed by atoms with Gasteiger partial charge in [0, 0.05) is 13.1 Å². The average molecular weight is 211 g/mol. The van der Waals surface area contributed by atoms with Crippen LogP contribution in [0.5, 0.6) is 5.88 Å². The molecule has 0 saturated carbocycles. The Morgan fingerprint density at radius 2 is 2.07 bits per heavy atom. The molecule has 0 spiro atoms. The highest BCUT2D eigenvalue weighted by atomic mass is 16.7. The molecular weight excluding hydrogens is 198 g/mol. The largest absolute Gasteiger partial charge is 0.481 e. The van der Waals surface area contributed by atoms with Crippen LogP contribution in [-0.2, 0) is 4.84 Å². The zero-order chi connectivity index (χ0) is 11.4. The summed E-state index contributed by atoms with van der Waals surface area (Å²) in [5.41, 5.74) is 0.240. The zero-order valence-electron chi connectivity index (χ0n) is 9.14. The van der Waals surface area contributed by atoms with E-state index in [1.54, 1.807) is 6.92 Å². The van der Waals surface area contributed by atoms with E-state index in [1.165, 1.54) is 27.3 Å². The van der Waals surface area contributed by atoms with Crippen molar-refractivity contribution in [2.75, 3.05) is 21.3 Å². The first-order chi connectivity index (χ1) is 7.08. The SMILES string of the molecule is COc1cc(C(=O)N(C)OC)nc(C)n1. The van der Waals surface area contributed by atoms with Gasteiger partial charge in [-0.15, -0.1) is 0 Å². The van der Waals surface area contributed by atoms with Gasteiger partial charge in [0.15, 0.2) is 0 Å². The van der Waals surface area contributed by atoms with Crippen LogP contribution in [0, 0.1) is 6.92 Å². The molecule has 0 radical (unpaired) electrons.